The van der Waals surface area contributed by atoms with Crippen LogP contribution in [0.25, 0.3) is 0 Å². The van der Waals surface area contributed by atoms with Crippen molar-refractivity contribution >= 4 is 11.8 Å². The smallest absolute Gasteiger partial charge is 0.280 e. The molecule has 0 aromatic carbocycles. The number of hydrogen-bond donors (Lipinski definition) is 3. The molecule has 0 atom stereocenters. The zero-order valence-electron chi connectivity index (χ0n) is 9.41. The fourth-order valence-corrected chi connectivity index (χ4v) is 1.86. The van der Waals surface area contributed by atoms with Crippen molar-refractivity contribution in [1.82, 2.24) is 9.88 Å². The van der Waals surface area contributed by atoms with Gasteiger partial charge in [-0.3, -0.25) is 19.5 Å². The molecule has 0 aliphatic carbocycles. The van der Waals surface area contributed by atoms with Gasteiger partial charge in [0.25, 0.3) is 11.8 Å². The van der Waals surface area contributed by atoms with Crippen molar-refractivity contribution < 1.29 is 24.9 Å². The van der Waals surface area contributed by atoms with Crippen LogP contribution in [0.1, 0.15) is 20.8 Å². The third-order valence-corrected chi connectivity index (χ3v) is 3.00. The predicted octanol–water partition coefficient (Wildman–Crippen LogP) is -1.61. The second-order valence-corrected chi connectivity index (χ2v) is 4.04. The SMILES string of the molecule is O=C1c2cccnc2C(=O)N1C(CO)(CO)CO. The van der Waals surface area contributed by atoms with Gasteiger partial charge in [0, 0.05) is 6.20 Å². The summed E-state index contributed by atoms with van der Waals surface area (Å²) in [6.07, 6.45) is 1.37. The molecule has 2 amide bonds. The average molecular weight is 252 g/mol. The van der Waals surface area contributed by atoms with Gasteiger partial charge in [0.05, 0.1) is 25.4 Å². The molecule has 96 valence electrons. The van der Waals surface area contributed by atoms with E-state index >= 15 is 0 Å². The van der Waals surface area contributed by atoms with E-state index in [1.807, 2.05) is 0 Å². The van der Waals surface area contributed by atoms with Crippen LogP contribution in [0.15, 0.2) is 18.3 Å². The normalized spacial score (nSPS) is 15.2. The largest absolute Gasteiger partial charge is 0.394 e. The highest BCUT2D eigenvalue weighted by atomic mass is 16.3. The first-order valence-electron chi connectivity index (χ1n) is 5.28. The molecule has 3 N–H and O–H groups in total. The van der Waals surface area contributed by atoms with E-state index < -0.39 is 37.2 Å². The van der Waals surface area contributed by atoms with E-state index in [2.05, 4.69) is 4.98 Å². The number of aromatic nitrogens is 1. The van der Waals surface area contributed by atoms with Crippen molar-refractivity contribution in [1.29, 1.82) is 0 Å². The fraction of sp³-hybridized carbons (Fsp3) is 0.364. The Bertz CT molecular complexity index is 455. The van der Waals surface area contributed by atoms with E-state index in [0.29, 0.717) is 4.90 Å². The monoisotopic (exact) mass is 252 g/mol. The van der Waals surface area contributed by atoms with Crippen LogP contribution < -0.4 is 0 Å². The van der Waals surface area contributed by atoms with Crippen LogP contribution >= 0.6 is 0 Å². The predicted molar refractivity (Wildman–Crippen MR) is 58.7 cm³/mol. The summed E-state index contributed by atoms with van der Waals surface area (Å²) in [6, 6.07) is 2.94. The first-order valence-corrected chi connectivity index (χ1v) is 5.28. The van der Waals surface area contributed by atoms with E-state index in [4.69, 9.17) is 0 Å². The van der Waals surface area contributed by atoms with Gasteiger partial charge in [0.2, 0.25) is 0 Å². The zero-order valence-corrected chi connectivity index (χ0v) is 9.41. The fourth-order valence-electron chi connectivity index (χ4n) is 1.86. The third kappa shape index (κ3) is 1.52. The van der Waals surface area contributed by atoms with Gasteiger partial charge in [-0.05, 0) is 12.1 Å². The number of pyridine rings is 1. The van der Waals surface area contributed by atoms with Gasteiger partial charge in [-0.2, -0.15) is 0 Å². The molecular formula is C11H12N2O5. The van der Waals surface area contributed by atoms with Gasteiger partial charge in [-0.25, -0.2) is 0 Å². The first-order chi connectivity index (χ1) is 8.61. The maximum atomic E-state index is 12.1. The molecule has 0 saturated heterocycles. The van der Waals surface area contributed by atoms with Gasteiger partial charge in [0.1, 0.15) is 11.2 Å². The summed E-state index contributed by atoms with van der Waals surface area (Å²) < 4.78 is 0. The van der Waals surface area contributed by atoms with Crippen LogP contribution in [0.4, 0.5) is 0 Å². The molecule has 1 aromatic heterocycles. The Kier molecular flexibility index (Phi) is 3.12. The van der Waals surface area contributed by atoms with E-state index in [0.717, 1.165) is 0 Å². The Balaban J connectivity index is 2.51. The van der Waals surface area contributed by atoms with E-state index in [9.17, 15) is 24.9 Å². The standard InChI is InChI=1S/C11H12N2O5/c14-4-11(5-15,6-16)13-9(17)7-2-1-3-12-8(7)10(13)18/h1-3,14-16H,4-6H2. The number of carbonyl (C=O) groups excluding carboxylic acids is 2. The van der Waals surface area contributed by atoms with Gasteiger partial charge < -0.3 is 15.3 Å². The second-order valence-electron chi connectivity index (χ2n) is 4.04. The van der Waals surface area contributed by atoms with Crippen LogP contribution in [0, 0.1) is 0 Å². The first kappa shape index (κ1) is 12.6. The number of nitrogens with zero attached hydrogens (tertiary/aromatic N) is 2. The Morgan fingerprint density at radius 3 is 2.22 bits per heavy atom. The Labute approximate surface area is 102 Å². The number of carbonyl (C=O) groups is 2. The van der Waals surface area contributed by atoms with Crippen LogP contribution in [0.3, 0.4) is 0 Å². The van der Waals surface area contributed by atoms with Crippen molar-refractivity contribution in [2.75, 3.05) is 19.8 Å². The minimum absolute atomic E-state index is 0.0396. The Morgan fingerprint density at radius 1 is 1.11 bits per heavy atom. The van der Waals surface area contributed by atoms with Crippen molar-refractivity contribution in [3.8, 4) is 0 Å². The maximum absolute atomic E-state index is 12.1. The molecular weight excluding hydrogens is 240 g/mol. The molecule has 7 heteroatoms. The van der Waals surface area contributed by atoms with E-state index in [-0.39, 0.29) is 11.3 Å². The minimum Gasteiger partial charge on any atom is -0.394 e. The summed E-state index contributed by atoms with van der Waals surface area (Å²) in [5.74, 6) is -1.41. The molecule has 0 fully saturated rings. The summed E-state index contributed by atoms with van der Waals surface area (Å²) in [7, 11) is 0. The van der Waals surface area contributed by atoms with Crippen molar-refractivity contribution in [3.05, 3.63) is 29.6 Å². The number of fused-ring (bicyclic) bond motifs is 1. The maximum Gasteiger partial charge on any atom is 0.280 e. The molecule has 0 bridgehead atoms. The van der Waals surface area contributed by atoms with Gasteiger partial charge in [0.15, 0.2) is 0 Å². The molecule has 0 spiro atoms. The van der Waals surface area contributed by atoms with E-state index in [1.165, 1.54) is 18.3 Å². The Morgan fingerprint density at radius 2 is 1.72 bits per heavy atom. The van der Waals surface area contributed by atoms with Crippen LogP contribution in [-0.2, 0) is 0 Å². The highest BCUT2D eigenvalue weighted by Gasteiger charge is 2.49. The molecule has 0 radical (unpaired) electrons. The summed E-state index contributed by atoms with van der Waals surface area (Å²) in [5.41, 5.74) is -1.65. The molecule has 1 aromatic rings. The number of hydrogen-bond acceptors (Lipinski definition) is 6. The van der Waals surface area contributed by atoms with Gasteiger partial charge in [-0.15, -0.1) is 0 Å². The second kappa shape index (κ2) is 4.45. The number of rotatable bonds is 4. The lowest BCUT2D eigenvalue weighted by Crippen LogP contribution is -2.59. The van der Waals surface area contributed by atoms with Crippen LogP contribution in [0.5, 0.6) is 0 Å². The lowest BCUT2D eigenvalue weighted by atomic mass is 10.0. The van der Waals surface area contributed by atoms with Crippen LogP contribution in [0.2, 0.25) is 0 Å². The number of amides is 2. The van der Waals surface area contributed by atoms with Crippen molar-refractivity contribution in [2.45, 2.75) is 5.54 Å². The highest BCUT2D eigenvalue weighted by molar-refractivity contribution is 6.20. The molecule has 2 heterocycles. The molecule has 1 aliphatic rings. The number of aliphatic hydroxyl groups is 3. The molecule has 18 heavy (non-hydrogen) atoms. The lowest BCUT2D eigenvalue weighted by molar-refractivity contribution is -0.0238. The van der Waals surface area contributed by atoms with Gasteiger partial charge in [-0.1, -0.05) is 0 Å². The van der Waals surface area contributed by atoms with Crippen molar-refractivity contribution in [3.63, 3.8) is 0 Å². The molecule has 0 saturated carbocycles. The number of imide groups is 1. The number of aliphatic hydroxyl groups excluding tert-OH is 3. The highest BCUT2D eigenvalue weighted by Crippen LogP contribution is 2.27. The molecule has 0 unspecified atom stereocenters. The topological polar surface area (TPSA) is 111 Å². The van der Waals surface area contributed by atoms with Gasteiger partial charge >= 0.3 is 0 Å². The van der Waals surface area contributed by atoms with E-state index in [1.54, 1.807) is 0 Å². The lowest BCUT2D eigenvalue weighted by Gasteiger charge is -2.35. The summed E-state index contributed by atoms with van der Waals surface area (Å²) in [6.45, 7) is -2.19. The summed E-state index contributed by atoms with van der Waals surface area (Å²) >= 11 is 0. The minimum atomic E-state index is -1.71. The summed E-state index contributed by atoms with van der Waals surface area (Å²) in [5, 5.41) is 27.8. The molecule has 1 aliphatic heterocycles. The molecule has 2 rings (SSSR count). The zero-order chi connectivity index (χ0) is 13.3. The Hall–Kier alpha value is -1.83. The third-order valence-electron chi connectivity index (χ3n) is 3.00. The summed E-state index contributed by atoms with van der Waals surface area (Å²) in [4.78, 5) is 28.6. The average Bonchev–Trinajstić information content (AvgIpc) is 2.67. The molecule has 7 nitrogen and oxygen atoms in total. The van der Waals surface area contributed by atoms with Crippen LogP contribution in [-0.4, -0.2) is 62.4 Å². The van der Waals surface area contributed by atoms with Crippen molar-refractivity contribution in [2.24, 2.45) is 0 Å². The quantitative estimate of drug-likeness (QED) is 0.556.